The molecule has 1 heterocycles. The van der Waals surface area contributed by atoms with Crippen LogP contribution in [0.4, 0.5) is 0 Å². The lowest BCUT2D eigenvalue weighted by molar-refractivity contribution is -0.241. The third-order valence-corrected chi connectivity index (χ3v) is 4.36. The molecule has 4 N–H and O–H groups in total. The van der Waals surface area contributed by atoms with Gasteiger partial charge in [-0.05, 0) is 12.1 Å². The smallest absolute Gasteiger partial charge is 0.264 e. The highest BCUT2D eigenvalue weighted by molar-refractivity contribution is 7.86. The number of carbonyl (C=O) groups excluding carboxylic acids is 1. The Morgan fingerprint density at radius 2 is 1.96 bits per heavy atom. The maximum atomic E-state index is 12.3. The Bertz CT molecular complexity index is 682. The number of aliphatic hydroxyl groups is 1. The summed E-state index contributed by atoms with van der Waals surface area (Å²) in [5.74, 6) is -0.473. The SMILES string of the molecule is CO[C@@H]1[C@@H](NC(=O)c2ccccc2)[C@@H](O)O[C@@H](CN)[C@H]1OS(C)(=O)=O. The van der Waals surface area contributed by atoms with E-state index in [9.17, 15) is 18.3 Å². The van der Waals surface area contributed by atoms with Gasteiger partial charge in [0, 0.05) is 19.2 Å². The summed E-state index contributed by atoms with van der Waals surface area (Å²) in [6.45, 7) is -0.101. The number of ether oxygens (including phenoxy) is 2. The van der Waals surface area contributed by atoms with Crippen molar-refractivity contribution in [1.29, 1.82) is 0 Å². The van der Waals surface area contributed by atoms with Crippen molar-refractivity contribution in [3.8, 4) is 0 Å². The monoisotopic (exact) mass is 374 g/mol. The zero-order valence-corrected chi connectivity index (χ0v) is 14.7. The standard InChI is InChI=1S/C15H22N2O7S/c1-22-13-11(17-14(18)9-6-4-3-5-7-9)15(19)23-10(8-16)12(13)24-25(2,20)21/h3-7,10-13,15,19H,8,16H2,1-2H3,(H,17,18)/t10-,11+,12+,13+,15-/m0/s1. The predicted octanol–water partition coefficient (Wildman–Crippen LogP) is -1.18. The molecule has 1 aromatic carbocycles. The average Bonchev–Trinajstić information content (AvgIpc) is 2.57. The molecule has 2 rings (SSSR count). The molecule has 0 aromatic heterocycles. The minimum Gasteiger partial charge on any atom is -0.376 e. The number of hydrogen-bond acceptors (Lipinski definition) is 8. The van der Waals surface area contributed by atoms with Crippen molar-refractivity contribution in [2.45, 2.75) is 30.6 Å². The van der Waals surface area contributed by atoms with Crippen LogP contribution >= 0.6 is 0 Å². The van der Waals surface area contributed by atoms with E-state index >= 15 is 0 Å². The molecule has 0 spiro atoms. The molecule has 5 atom stereocenters. The second-order valence-corrected chi connectivity index (χ2v) is 7.23. The first kappa shape index (κ1) is 19.8. The molecule has 25 heavy (non-hydrogen) atoms. The molecule has 9 nitrogen and oxygen atoms in total. The summed E-state index contributed by atoms with van der Waals surface area (Å²) in [4.78, 5) is 12.3. The lowest BCUT2D eigenvalue weighted by atomic mass is 9.96. The number of hydrogen-bond donors (Lipinski definition) is 3. The van der Waals surface area contributed by atoms with Crippen LogP contribution in [0, 0.1) is 0 Å². The Morgan fingerprint density at radius 1 is 1.32 bits per heavy atom. The van der Waals surface area contributed by atoms with Crippen molar-refractivity contribution in [3.63, 3.8) is 0 Å². The topological polar surface area (TPSA) is 137 Å². The van der Waals surface area contributed by atoms with E-state index in [1.54, 1.807) is 30.3 Å². The number of nitrogens with two attached hydrogens (primary N) is 1. The van der Waals surface area contributed by atoms with Crippen molar-refractivity contribution < 1.29 is 32.0 Å². The molecule has 10 heteroatoms. The van der Waals surface area contributed by atoms with E-state index in [2.05, 4.69) is 5.32 Å². The van der Waals surface area contributed by atoms with E-state index in [-0.39, 0.29) is 6.54 Å². The van der Waals surface area contributed by atoms with Crippen LogP contribution < -0.4 is 11.1 Å². The largest absolute Gasteiger partial charge is 0.376 e. The maximum Gasteiger partial charge on any atom is 0.264 e. The van der Waals surface area contributed by atoms with Crippen LogP contribution in [0.5, 0.6) is 0 Å². The molecule has 0 saturated carbocycles. The Labute approximate surface area is 146 Å². The molecule has 1 aliphatic rings. The highest BCUT2D eigenvalue weighted by Gasteiger charge is 2.48. The lowest BCUT2D eigenvalue weighted by Crippen LogP contribution is -2.66. The second kappa shape index (κ2) is 8.21. The fraction of sp³-hybridized carbons (Fsp3) is 0.533. The van der Waals surface area contributed by atoms with E-state index in [0.29, 0.717) is 5.56 Å². The van der Waals surface area contributed by atoms with Gasteiger partial charge in [-0.1, -0.05) is 18.2 Å². The number of aliphatic hydroxyl groups excluding tert-OH is 1. The molecule has 0 unspecified atom stereocenters. The third kappa shape index (κ3) is 4.97. The molecular formula is C15H22N2O7S. The number of amides is 1. The molecule has 0 radical (unpaired) electrons. The van der Waals surface area contributed by atoms with Crippen LogP contribution in [-0.2, 0) is 23.8 Å². The van der Waals surface area contributed by atoms with Gasteiger partial charge < -0.3 is 25.6 Å². The normalized spacial score (nSPS) is 30.0. The second-order valence-electron chi connectivity index (χ2n) is 5.63. The molecule has 140 valence electrons. The quantitative estimate of drug-likeness (QED) is 0.529. The summed E-state index contributed by atoms with van der Waals surface area (Å²) in [6.07, 6.45) is -3.57. The molecule has 1 aliphatic heterocycles. The van der Waals surface area contributed by atoms with E-state index in [0.717, 1.165) is 6.26 Å². The number of methoxy groups -OCH3 is 1. The first-order valence-corrected chi connectivity index (χ1v) is 9.39. The number of benzene rings is 1. The molecular weight excluding hydrogens is 352 g/mol. The van der Waals surface area contributed by atoms with Crippen molar-refractivity contribution >= 4 is 16.0 Å². The molecule has 1 fully saturated rings. The van der Waals surface area contributed by atoms with Crippen molar-refractivity contribution in [1.82, 2.24) is 5.32 Å². The summed E-state index contributed by atoms with van der Waals surface area (Å²) in [6, 6.07) is 7.29. The third-order valence-electron chi connectivity index (χ3n) is 3.79. The van der Waals surface area contributed by atoms with Gasteiger partial charge >= 0.3 is 0 Å². The van der Waals surface area contributed by atoms with E-state index in [4.69, 9.17) is 19.4 Å². The lowest BCUT2D eigenvalue weighted by Gasteiger charge is -2.43. The summed E-state index contributed by atoms with van der Waals surface area (Å²) in [5.41, 5.74) is 5.94. The molecule has 1 aromatic rings. The molecule has 1 amide bonds. The van der Waals surface area contributed by atoms with Crippen LogP contribution in [0.25, 0.3) is 0 Å². The van der Waals surface area contributed by atoms with Crippen molar-refractivity contribution in [2.24, 2.45) is 5.73 Å². The Balaban J connectivity index is 2.24. The van der Waals surface area contributed by atoms with Crippen LogP contribution in [0.1, 0.15) is 10.4 Å². The van der Waals surface area contributed by atoms with E-state index < -0.39 is 46.7 Å². The van der Waals surface area contributed by atoms with Gasteiger partial charge in [-0.3, -0.25) is 8.98 Å². The van der Waals surface area contributed by atoms with Crippen LogP contribution in [0.3, 0.4) is 0 Å². The van der Waals surface area contributed by atoms with Crippen LogP contribution in [-0.4, -0.2) is 70.0 Å². The predicted molar refractivity (Wildman–Crippen MR) is 88.1 cm³/mol. The summed E-state index contributed by atoms with van der Waals surface area (Å²) in [5, 5.41) is 12.8. The summed E-state index contributed by atoms with van der Waals surface area (Å²) < 4.78 is 38.7. The maximum absolute atomic E-state index is 12.3. The Hall–Kier alpha value is -1.56. The Kier molecular flexibility index (Phi) is 6.49. The fourth-order valence-corrected chi connectivity index (χ4v) is 3.32. The van der Waals surface area contributed by atoms with E-state index in [1.807, 2.05) is 0 Å². The fourth-order valence-electron chi connectivity index (χ4n) is 2.69. The first-order valence-electron chi connectivity index (χ1n) is 7.57. The molecule has 0 bridgehead atoms. The van der Waals surface area contributed by atoms with Crippen LogP contribution in [0.2, 0.25) is 0 Å². The summed E-state index contributed by atoms with van der Waals surface area (Å²) >= 11 is 0. The average molecular weight is 374 g/mol. The highest BCUT2D eigenvalue weighted by atomic mass is 32.2. The molecule has 0 aliphatic carbocycles. The van der Waals surface area contributed by atoms with Gasteiger partial charge in [0.15, 0.2) is 6.29 Å². The van der Waals surface area contributed by atoms with Gasteiger partial charge in [0.05, 0.1) is 6.26 Å². The van der Waals surface area contributed by atoms with Crippen molar-refractivity contribution in [2.75, 3.05) is 19.9 Å². The van der Waals surface area contributed by atoms with Gasteiger partial charge in [-0.15, -0.1) is 0 Å². The van der Waals surface area contributed by atoms with Gasteiger partial charge in [-0.25, -0.2) is 0 Å². The first-order chi connectivity index (χ1) is 11.8. The van der Waals surface area contributed by atoms with Gasteiger partial charge in [-0.2, -0.15) is 8.42 Å². The van der Waals surface area contributed by atoms with Crippen LogP contribution in [0.15, 0.2) is 30.3 Å². The zero-order chi connectivity index (χ0) is 18.6. The van der Waals surface area contributed by atoms with Crippen molar-refractivity contribution in [3.05, 3.63) is 35.9 Å². The Morgan fingerprint density at radius 3 is 2.48 bits per heavy atom. The summed E-state index contributed by atoms with van der Waals surface area (Å²) in [7, 11) is -2.53. The minimum atomic E-state index is -3.84. The van der Waals surface area contributed by atoms with Gasteiger partial charge in [0.2, 0.25) is 0 Å². The van der Waals surface area contributed by atoms with E-state index in [1.165, 1.54) is 7.11 Å². The minimum absolute atomic E-state index is 0.101. The number of carbonyl (C=O) groups is 1. The number of nitrogens with one attached hydrogen (secondary N) is 1. The highest BCUT2D eigenvalue weighted by Crippen LogP contribution is 2.25. The van der Waals surface area contributed by atoms with Gasteiger partial charge in [0.25, 0.3) is 16.0 Å². The van der Waals surface area contributed by atoms with Gasteiger partial charge in [0.1, 0.15) is 24.4 Å². The zero-order valence-electron chi connectivity index (χ0n) is 13.9. The number of rotatable bonds is 6. The molecule has 1 saturated heterocycles.